The molecule has 1 aromatic heterocycles. The summed E-state index contributed by atoms with van der Waals surface area (Å²) >= 11 is 6.62. The fourth-order valence-corrected chi connectivity index (χ4v) is 8.83. The fourth-order valence-electron chi connectivity index (χ4n) is 8.60. The Bertz CT molecular complexity index is 2050. The molecule has 2 bridgehead atoms. The summed E-state index contributed by atoms with van der Waals surface area (Å²) < 4.78 is 11.9. The highest BCUT2D eigenvalue weighted by atomic mass is 35.5. The number of anilines is 1. The van der Waals surface area contributed by atoms with Crippen LogP contribution in [0.5, 0.6) is 11.5 Å². The second-order valence-corrected chi connectivity index (χ2v) is 15.5. The highest BCUT2D eigenvalue weighted by Gasteiger charge is 2.47. The van der Waals surface area contributed by atoms with Gasteiger partial charge < -0.3 is 35.3 Å². The number of methoxy groups -OCH3 is 1. The summed E-state index contributed by atoms with van der Waals surface area (Å²) in [5.74, 6) is 0.690. The number of aryl methyl sites for hydroxylation is 1. The van der Waals surface area contributed by atoms with Crippen LogP contribution < -0.4 is 20.9 Å². The summed E-state index contributed by atoms with van der Waals surface area (Å²) in [4.78, 5) is 43.7. The molecular weight excluding hydrogens is 708 g/mol. The molecule has 3 aliphatic heterocycles. The van der Waals surface area contributed by atoms with Crippen LogP contribution in [0.3, 0.4) is 0 Å². The van der Waals surface area contributed by atoms with Gasteiger partial charge in [0.25, 0.3) is 0 Å². The van der Waals surface area contributed by atoms with Crippen LogP contribution in [0.1, 0.15) is 79.7 Å². The first-order valence-corrected chi connectivity index (χ1v) is 19.4. The normalized spacial score (nSPS) is 20.8. The van der Waals surface area contributed by atoms with E-state index in [0.717, 1.165) is 74.8 Å². The van der Waals surface area contributed by atoms with Crippen LogP contribution in [0, 0.1) is 5.92 Å². The van der Waals surface area contributed by atoms with E-state index in [9.17, 15) is 24.6 Å². The number of carbonyl (C=O) groups is 2. The van der Waals surface area contributed by atoms with Gasteiger partial charge >= 0.3 is 5.97 Å². The topological polar surface area (TPSA) is 153 Å². The summed E-state index contributed by atoms with van der Waals surface area (Å²) in [6.45, 7) is 3.56. The lowest BCUT2D eigenvalue weighted by atomic mass is 9.77. The number of halogens is 1. The van der Waals surface area contributed by atoms with Crippen molar-refractivity contribution >= 4 is 40.1 Å². The number of benzene rings is 3. The number of fused-ring (bicyclic) bond motifs is 4. The quantitative estimate of drug-likeness (QED) is 0.0957. The van der Waals surface area contributed by atoms with Crippen molar-refractivity contribution in [1.82, 2.24) is 15.2 Å². The number of aromatic hydroxyl groups is 1. The molecule has 11 nitrogen and oxygen atoms in total. The number of piperidine rings is 3. The molecule has 4 heterocycles. The molecular formula is C42H49ClN4O7. The van der Waals surface area contributed by atoms with Gasteiger partial charge in [0, 0.05) is 49.1 Å². The zero-order chi connectivity index (χ0) is 37.8. The van der Waals surface area contributed by atoms with Crippen LogP contribution in [0.15, 0.2) is 65.5 Å². The van der Waals surface area contributed by atoms with Crippen LogP contribution in [-0.2, 0) is 32.7 Å². The molecule has 4 aliphatic rings. The number of pyridine rings is 1. The number of nitrogens with zero attached hydrogens (tertiary/aromatic N) is 1. The van der Waals surface area contributed by atoms with Crippen LogP contribution in [0.2, 0.25) is 5.02 Å². The third kappa shape index (κ3) is 8.15. The van der Waals surface area contributed by atoms with Crippen LogP contribution in [0.25, 0.3) is 10.9 Å². The number of phenols is 1. The van der Waals surface area contributed by atoms with Gasteiger partial charge in [0.2, 0.25) is 11.5 Å². The molecule has 4 aromatic rings. The maximum absolute atomic E-state index is 13.8. The predicted molar refractivity (Wildman–Crippen MR) is 208 cm³/mol. The minimum absolute atomic E-state index is 0.00554. The number of aliphatic hydroxyl groups excluding tert-OH is 1. The number of hydrogen-bond donors (Lipinski definition) is 5. The van der Waals surface area contributed by atoms with Gasteiger partial charge in [-0.1, -0.05) is 54.8 Å². The molecule has 2 atom stereocenters. The number of nitrogens with one attached hydrogen (secondary N) is 3. The van der Waals surface area contributed by atoms with Crippen LogP contribution in [-0.4, -0.2) is 71.4 Å². The van der Waals surface area contributed by atoms with Gasteiger partial charge in [0.1, 0.15) is 17.6 Å². The number of aromatic amines is 1. The van der Waals surface area contributed by atoms with Gasteiger partial charge in [0.15, 0.2) is 0 Å². The Morgan fingerprint density at radius 2 is 1.87 bits per heavy atom. The summed E-state index contributed by atoms with van der Waals surface area (Å²) in [5, 5.41) is 28.1. The van der Waals surface area contributed by atoms with Crippen LogP contribution >= 0.6 is 11.6 Å². The lowest BCUT2D eigenvalue weighted by molar-refractivity contribution is -0.165. The third-order valence-corrected chi connectivity index (χ3v) is 11.9. The molecule has 0 unspecified atom stereocenters. The second-order valence-electron chi connectivity index (χ2n) is 15.0. The number of ether oxygens (including phenoxy) is 2. The molecule has 286 valence electrons. The standard InChI is InChI=1S/C42H49ClN4O7/c1-53-36-22-33(32(43)21-28(36)23-44-24-35(49)30-10-12-34(48)40-31(30)11-13-39(51)46-40)45-38(50)9-5-7-26-6-4-8-29(20-26)42(16-2-3-17-42)41(52)54-37-25-47-18-14-27(37)15-19-47/h4,6,8,10-13,20-22,27,35,37,44,48-49H,2-3,5,7,9,14-19,23-25H2,1H3,(H,45,50)(H,46,51)/t35-,37+/m1/s1. The highest BCUT2D eigenvalue weighted by Crippen LogP contribution is 2.44. The molecule has 0 spiro atoms. The first kappa shape index (κ1) is 37.9. The minimum Gasteiger partial charge on any atom is -0.506 e. The lowest BCUT2D eigenvalue weighted by Crippen LogP contribution is -2.53. The molecule has 1 saturated carbocycles. The van der Waals surface area contributed by atoms with Crippen molar-refractivity contribution in [1.29, 1.82) is 0 Å². The Kier molecular flexibility index (Phi) is 11.6. The SMILES string of the molecule is COc1cc(NC(=O)CCCc2cccc(C3(C(=O)O[C@H]4CN5CCC4CC5)CCCC3)c2)c(Cl)cc1CNC[C@@H](O)c1ccc(O)c2[nH]c(=O)ccc12. The predicted octanol–water partition coefficient (Wildman–Crippen LogP) is 6.13. The van der Waals surface area contributed by atoms with E-state index in [1.807, 2.05) is 6.07 Å². The van der Waals surface area contributed by atoms with E-state index in [1.54, 1.807) is 24.3 Å². The summed E-state index contributed by atoms with van der Waals surface area (Å²) in [7, 11) is 1.54. The minimum atomic E-state index is -0.929. The van der Waals surface area contributed by atoms with Crippen molar-refractivity contribution < 1.29 is 29.3 Å². The van der Waals surface area contributed by atoms with E-state index in [0.29, 0.717) is 52.7 Å². The van der Waals surface area contributed by atoms with Crippen molar-refractivity contribution in [2.24, 2.45) is 5.92 Å². The summed E-state index contributed by atoms with van der Waals surface area (Å²) in [5.41, 5.74) is 3.18. The molecule has 12 heteroatoms. The maximum Gasteiger partial charge on any atom is 0.316 e. The van der Waals surface area contributed by atoms with Crippen molar-refractivity contribution in [3.8, 4) is 11.5 Å². The number of hydrogen-bond acceptors (Lipinski definition) is 9. The largest absolute Gasteiger partial charge is 0.506 e. The zero-order valence-electron chi connectivity index (χ0n) is 30.7. The Labute approximate surface area is 320 Å². The molecule has 0 radical (unpaired) electrons. The molecule has 3 saturated heterocycles. The van der Waals surface area contributed by atoms with Crippen molar-refractivity contribution in [3.63, 3.8) is 0 Å². The summed E-state index contributed by atoms with van der Waals surface area (Å²) in [6.07, 6.45) is 6.52. The molecule has 8 rings (SSSR count). The lowest BCUT2D eigenvalue weighted by Gasteiger charge is -2.45. The van der Waals surface area contributed by atoms with Gasteiger partial charge in [-0.05, 0) is 92.4 Å². The van der Waals surface area contributed by atoms with E-state index < -0.39 is 11.5 Å². The number of rotatable bonds is 14. The van der Waals surface area contributed by atoms with E-state index in [-0.39, 0.29) is 47.8 Å². The number of amides is 1. The average molecular weight is 757 g/mol. The number of phenolic OH excluding ortho intramolecular Hbond substituents is 1. The second kappa shape index (κ2) is 16.5. The molecule has 4 fully saturated rings. The number of carbonyl (C=O) groups excluding carboxylic acids is 2. The first-order chi connectivity index (χ1) is 26.1. The van der Waals surface area contributed by atoms with Crippen LogP contribution in [0.4, 0.5) is 5.69 Å². The highest BCUT2D eigenvalue weighted by molar-refractivity contribution is 6.33. The first-order valence-electron chi connectivity index (χ1n) is 19.1. The number of H-pyrrole nitrogens is 1. The fraction of sp³-hybridized carbons (Fsp3) is 0.452. The molecule has 3 aromatic carbocycles. The molecule has 54 heavy (non-hydrogen) atoms. The Balaban J connectivity index is 0.922. The zero-order valence-corrected chi connectivity index (χ0v) is 31.4. The molecule has 5 N–H and O–H groups in total. The van der Waals surface area contributed by atoms with Gasteiger partial charge in [-0.15, -0.1) is 0 Å². The summed E-state index contributed by atoms with van der Waals surface area (Å²) in [6, 6.07) is 17.7. The van der Waals surface area contributed by atoms with E-state index >= 15 is 0 Å². The van der Waals surface area contributed by atoms with Gasteiger partial charge in [-0.3, -0.25) is 19.3 Å². The third-order valence-electron chi connectivity index (χ3n) is 11.6. The average Bonchev–Trinajstić information content (AvgIpc) is 3.68. The Morgan fingerprint density at radius 3 is 2.61 bits per heavy atom. The maximum atomic E-state index is 13.8. The molecule has 1 amide bonds. The number of esters is 1. The van der Waals surface area contributed by atoms with E-state index in [1.165, 1.54) is 19.2 Å². The monoisotopic (exact) mass is 756 g/mol. The molecule has 1 aliphatic carbocycles. The number of aliphatic hydroxyl groups is 1. The van der Waals surface area contributed by atoms with Crippen molar-refractivity contribution in [2.45, 2.75) is 82.0 Å². The smallest absolute Gasteiger partial charge is 0.316 e. The Hall–Kier alpha value is -4.42. The Morgan fingerprint density at radius 1 is 1.07 bits per heavy atom. The van der Waals surface area contributed by atoms with E-state index in [4.69, 9.17) is 21.1 Å². The van der Waals surface area contributed by atoms with Gasteiger partial charge in [-0.25, -0.2) is 0 Å². The van der Waals surface area contributed by atoms with E-state index in [2.05, 4.69) is 38.7 Å². The van der Waals surface area contributed by atoms with Crippen molar-refractivity contribution in [2.75, 3.05) is 38.6 Å². The number of aromatic nitrogens is 1. The van der Waals surface area contributed by atoms with Gasteiger partial charge in [-0.2, -0.15) is 0 Å². The van der Waals surface area contributed by atoms with Crippen molar-refractivity contribution in [3.05, 3.63) is 98.3 Å². The van der Waals surface area contributed by atoms with Gasteiger partial charge in [0.05, 0.1) is 34.9 Å².